The standard InChI is InChI=1S/C8H9N3/c1-2-11-8-6-4-3-5-7(8)9-10-11/h3-6H,2H2,1H3/i5D. The number of aromatic nitrogens is 3. The molecule has 0 unspecified atom stereocenters. The van der Waals surface area contributed by atoms with E-state index in [1.54, 1.807) is 10.7 Å². The first-order valence-corrected chi connectivity index (χ1v) is 3.61. The van der Waals surface area contributed by atoms with E-state index in [4.69, 9.17) is 1.37 Å². The molecule has 0 amide bonds. The summed E-state index contributed by atoms with van der Waals surface area (Å²) in [6.07, 6.45) is 0. The van der Waals surface area contributed by atoms with E-state index in [0.29, 0.717) is 11.6 Å². The Labute approximate surface area is 66.0 Å². The Balaban J connectivity index is 2.80. The highest BCUT2D eigenvalue weighted by molar-refractivity contribution is 5.73. The van der Waals surface area contributed by atoms with Gasteiger partial charge in [0, 0.05) is 6.54 Å². The quantitative estimate of drug-likeness (QED) is 0.612. The van der Waals surface area contributed by atoms with E-state index >= 15 is 0 Å². The lowest BCUT2D eigenvalue weighted by atomic mass is 10.3. The van der Waals surface area contributed by atoms with Crippen molar-refractivity contribution in [3.05, 3.63) is 24.2 Å². The fraction of sp³-hybridized carbons (Fsp3) is 0.250. The van der Waals surface area contributed by atoms with Crippen molar-refractivity contribution < 1.29 is 1.37 Å². The Hall–Kier alpha value is -1.38. The second-order valence-corrected chi connectivity index (χ2v) is 2.31. The van der Waals surface area contributed by atoms with Gasteiger partial charge in [-0.1, -0.05) is 17.3 Å². The zero-order valence-electron chi connectivity index (χ0n) is 7.28. The molecule has 11 heavy (non-hydrogen) atoms. The van der Waals surface area contributed by atoms with Gasteiger partial charge in [0.2, 0.25) is 0 Å². The summed E-state index contributed by atoms with van der Waals surface area (Å²) in [5.74, 6) is 0. The molecule has 0 saturated heterocycles. The van der Waals surface area contributed by atoms with Gasteiger partial charge in [0.25, 0.3) is 0 Å². The molecular formula is C8H9N3. The Bertz CT molecular complexity index is 408. The molecule has 0 fully saturated rings. The summed E-state index contributed by atoms with van der Waals surface area (Å²) >= 11 is 0. The first kappa shape index (κ1) is 5.29. The van der Waals surface area contributed by atoms with Gasteiger partial charge in [0.05, 0.1) is 6.89 Å². The van der Waals surface area contributed by atoms with Crippen LogP contribution in [0.5, 0.6) is 0 Å². The molecule has 2 rings (SSSR count). The van der Waals surface area contributed by atoms with E-state index in [2.05, 4.69) is 10.3 Å². The number of nitrogens with zero attached hydrogens (tertiary/aromatic N) is 3. The van der Waals surface area contributed by atoms with Gasteiger partial charge in [-0.3, -0.25) is 0 Å². The number of aryl methyl sites for hydroxylation is 1. The molecule has 56 valence electrons. The van der Waals surface area contributed by atoms with Gasteiger partial charge in [-0.2, -0.15) is 0 Å². The third kappa shape index (κ3) is 0.888. The zero-order chi connectivity index (χ0) is 8.55. The van der Waals surface area contributed by atoms with E-state index in [0.717, 1.165) is 12.1 Å². The van der Waals surface area contributed by atoms with Gasteiger partial charge in [-0.05, 0) is 19.0 Å². The molecule has 3 nitrogen and oxygen atoms in total. The highest BCUT2D eigenvalue weighted by atomic mass is 15.4. The van der Waals surface area contributed by atoms with Crippen LogP contribution >= 0.6 is 0 Å². The number of hydrogen-bond acceptors (Lipinski definition) is 2. The summed E-state index contributed by atoms with van der Waals surface area (Å²) in [6, 6.07) is 5.93. The first-order valence-electron chi connectivity index (χ1n) is 4.11. The number of fused-ring (bicyclic) bond motifs is 1. The van der Waals surface area contributed by atoms with Crippen molar-refractivity contribution in [1.29, 1.82) is 0 Å². The Morgan fingerprint density at radius 2 is 2.55 bits per heavy atom. The minimum Gasteiger partial charge on any atom is -0.245 e. The minimum absolute atomic E-state index is 0.437. The van der Waals surface area contributed by atoms with E-state index in [1.807, 2.05) is 19.1 Å². The molecule has 0 radical (unpaired) electrons. The van der Waals surface area contributed by atoms with Crippen LogP contribution in [0.25, 0.3) is 11.0 Å². The summed E-state index contributed by atoms with van der Waals surface area (Å²) in [4.78, 5) is 0. The Morgan fingerprint density at radius 3 is 3.36 bits per heavy atom. The molecule has 1 aromatic heterocycles. The predicted octanol–water partition coefficient (Wildman–Crippen LogP) is 1.45. The summed E-state index contributed by atoms with van der Waals surface area (Å²) in [5.41, 5.74) is 1.62. The van der Waals surface area contributed by atoms with Crippen LogP contribution in [0.4, 0.5) is 0 Å². The van der Waals surface area contributed by atoms with Crippen molar-refractivity contribution in [1.82, 2.24) is 15.0 Å². The summed E-state index contributed by atoms with van der Waals surface area (Å²) in [6.45, 7) is 2.80. The largest absolute Gasteiger partial charge is 0.245 e. The van der Waals surface area contributed by atoms with Crippen molar-refractivity contribution >= 4 is 11.0 Å². The zero-order valence-corrected chi connectivity index (χ0v) is 6.28. The third-order valence-corrected chi connectivity index (χ3v) is 1.64. The van der Waals surface area contributed by atoms with Crippen LogP contribution in [-0.4, -0.2) is 15.0 Å². The van der Waals surface area contributed by atoms with E-state index in [-0.39, 0.29) is 0 Å². The van der Waals surface area contributed by atoms with Crippen LogP contribution in [0.15, 0.2) is 24.2 Å². The molecule has 0 atom stereocenters. The first-order chi connectivity index (χ1) is 5.83. The minimum atomic E-state index is 0.437. The predicted molar refractivity (Wildman–Crippen MR) is 43.2 cm³/mol. The van der Waals surface area contributed by atoms with Crippen LogP contribution in [-0.2, 0) is 6.54 Å². The van der Waals surface area contributed by atoms with E-state index in [1.165, 1.54) is 0 Å². The molecule has 0 bridgehead atoms. The monoisotopic (exact) mass is 148 g/mol. The normalized spacial score (nSPS) is 11.9. The van der Waals surface area contributed by atoms with Gasteiger partial charge in [-0.25, -0.2) is 4.68 Å². The Kier molecular flexibility index (Phi) is 1.13. The molecule has 0 N–H and O–H groups in total. The maximum absolute atomic E-state index is 7.54. The topological polar surface area (TPSA) is 30.7 Å². The summed E-state index contributed by atoms with van der Waals surface area (Å²) in [7, 11) is 0. The van der Waals surface area contributed by atoms with Crippen LogP contribution < -0.4 is 0 Å². The van der Waals surface area contributed by atoms with Crippen LogP contribution in [0, 0.1) is 0 Å². The lowest BCUT2D eigenvalue weighted by molar-refractivity contribution is 0.646. The van der Waals surface area contributed by atoms with E-state index in [9.17, 15) is 0 Å². The second-order valence-electron chi connectivity index (χ2n) is 2.31. The number of hydrogen-bond donors (Lipinski definition) is 0. The van der Waals surface area contributed by atoms with Crippen LogP contribution in [0.1, 0.15) is 8.29 Å². The molecule has 0 aliphatic rings. The SMILES string of the molecule is [2H]c1cccc2c1nnn2CC. The van der Waals surface area contributed by atoms with Crippen LogP contribution in [0.3, 0.4) is 0 Å². The molecule has 3 heteroatoms. The molecule has 1 heterocycles. The van der Waals surface area contributed by atoms with Gasteiger partial charge in [0.1, 0.15) is 5.52 Å². The highest BCUT2D eigenvalue weighted by Gasteiger charge is 1.98. The van der Waals surface area contributed by atoms with E-state index < -0.39 is 0 Å². The van der Waals surface area contributed by atoms with Gasteiger partial charge in [-0.15, -0.1) is 5.10 Å². The average molecular weight is 148 g/mol. The third-order valence-electron chi connectivity index (χ3n) is 1.64. The lowest BCUT2D eigenvalue weighted by Gasteiger charge is -1.93. The molecule has 1 aromatic carbocycles. The number of para-hydroxylation sites is 1. The number of benzene rings is 1. The Morgan fingerprint density at radius 1 is 1.64 bits per heavy atom. The molecule has 0 aliphatic heterocycles. The fourth-order valence-electron chi connectivity index (χ4n) is 1.09. The van der Waals surface area contributed by atoms with Crippen molar-refractivity contribution in [2.24, 2.45) is 0 Å². The molecule has 2 aromatic rings. The van der Waals surface area contributed by atoms with Crippen molar-refractivity contribution in [3.8, 4) is 0 Å². The smallest absolute Gasteiger partial charge is 0.113 e. The molecule has 0 saturated carbocycles. The summed E-state index contributed by atoms with van der Waals surface area (Å²) in [5, 5.41) is 7.84. The lowest BCUT2D eigenvalue weighted by Crippen LogP contribution is -1.95. The average Bonchev–Trinajstić information content (AvgIpc) is 2.49. The maximum atomic E-state index is 7.54. The van der Waals surface area contributed by atoms with Crippen molar-refractivity contribution in [3.63, 3.8) is 0 Å². The van der Waals surface area contributed by atoms with Gasteiger partial charge in [0.15, 0.2) is 0 Å². The summed E-state index contributed by atoms with van der Waals surface area (Å²) < 4.78 is 9.32. The van der Waals surface area contributed by atoms with Crippen LogP contribution in [0.2, 0.25) is 0 Å². The molecule has 0 aliphatic carbocycles. The van der Waals surface area contributed by atoms with Gasteiger partial charge >= 0.3 is 0 Å². The second kappa shape index (κ2) is 2.34. The maximum Gasteiger partial charge on any atom is 0.113 e. The highest BCUT2D eigenvalue weighted by Crippen LogP contribution is 2.08. The molecular weight excluding hydrogens is 138 g/mol. The molecule has 0 spiro atoms. The van der Waals surface area contributed by atoms with Crippen molar-refractivity contribution in [2.75, 3.05) is 0 Å². The van der Waals surface area contributed by atoms with Gasteiger partial charge < -0.3 is 0 Å². The fourth-order valence-corrected chi connectivity index (χ4v) is 1.09. The van der Waals surface area contributed by atoms with Crippen molar-refractivity contribution in [2.45, 2.75) is 13.5 Å². The number of rotatable bonds is 1.